The van der Waals surface area contributed by atoms with Crippen LogP contribution in [0.15, 0.2) is 95.9 Å². The van der Waals surface area contributed by atoms with Gasteiger partial charge >= 0.3 is 11.9 Å². The Kier molecular flexibility index (Phi) is 19.8. The molecule has 5 rings (SSSR count). The van der Waals surface area contributed by atoms with E-state index in [9.17, 15) is 33.2 Å². The minimum atomic E-state index is -3.81. The summed E-state index contributed by atoms with van der Waals surface area (Å²) in [5.41, 5.74) is 20.1. The summed E-state index contributed by atoms with van der Waals surface area (Å²) in [6.07, 6.45) is 0. The van der Waals surface area contributed by atoms with Crippen molar-refractivity contribution in [2.24, 2.45) is 11.1 Å². The number of sulfonamides is 1. The Morgan fingerprint density at radius 3 is 1.29 bits per heavy atom. The van der Waals surface area contributed by atoms with Gasteiger partial charge in [-0.3, -0.25) is 19.7 Å². The topological polar surface area (TPSA) is 179 Å². The molecule has 4 atom stereocenters. The number of nitrogens with one attached hydrogen (secondary N) is 1. The molecule has 11 nitrogen and oxygen atoms in total. The Balaban J connectivity index is 0.000000356. The number of hydrogen-bond acceptors (Lipinski definition) is 8. The Morgan fingerprint density at radius 2 is 0.968 bits per heavy atom. The number of nitrogens with two attached hydrogens (primary N) is 1. The van der Waals surface area contributed by atoms with Crippen LogP contribution in [-0.2, 0) is 43.8 Å². The largest absolute Gasteiger partial charge is 0.480 e. The molecule has 0 radical (unpaired) electrons. The quantitative estimate of drug-likeness (QED) is 0.0361. The molecule has 0 aliphatic heterocycles. The van der Waals surface area contributed by atoms with Gasteiger partial charge in [0.1, 0.15) is 0 Å². The van der Waals surface area contributed by atoms with E-state index in [1.807, 2.05) is 95.3 Å². The fourth-order valence-electron chi connectivity index (χ4n) is 7.71. The van der Waals surface area contributed by atoms with Crippen molar-refractivity contribution in [3.63, 3.8) is 0 Å². The predicted octanol–water partition coefficient (Wildman–Crippen LogP) is 9.79. The van der Waals surface area contributed by atoms with Gasteiger partial charge in [-0.2, -0.15) is 0 Å². The minimum Gasteiger partial charge on any atom is -0.480 e. The number of nitro groups is 1. The van der Waals surface area contributed by atoms with Crippen LogP contribution in [-0.4, -0.2) is 44.0 Å². The fraction of sp³-hybridized carbons (Fsp3) is 0.360. The molecular weight excluding hydrogens is 904 g/mol. The number of esters is 1. The molecule has 0 saturated carbocycles. The number of hydrogen-bond donors (Lipinski definition) is 3. The first-order chi connectivity index (χ1) is 28.9. The summed E-state index contributed by atoms with van der Waals surface area (Å²) in [6, 6.07) is 26.0. The van der Waals surface area contributed by atoms with E-state index in [4.69, 9.17) is 5.73 Å². The van der Waals surface area contributed by atoms with Crippen molar-refractivity contribution < 1.29 is 52.3 Å². The number of carbonyl (C=O) groups is 2. The minimum absolute atomic E-state index is 0. The Bertz CT molecular complexity index is 2360. The summed E-state index contributed by atoms with van der Waals surface area (Å²) in [5.74, 6) is -3.59. The summed E-state index contributed by atoms with van der Waals surface area (Å²) in [4.78, 5) is 33.9. The predicted molar refractivity (Wildman–Crippen MR) is 247 cm³/mol. The first kappa shape index (κ1) is 54.1. The molecule has 0 amide bonds. The van der Waals surface area contributed by atoms with Crippen LogP contribution in [0.4, 0.5) is 0 Å². The number of aliphatic carboxylic acids is 1. The summed E-state index contributed by atoms with van der Waals surface area (Å²) in [6.45, 7) is 23.5. The van der Waals surface area contributed by atoms with Gasteiger partial charge in [-0.1, -0.05) is 91.0 Å². The SMILES string of the molecule is COC(=O)C(C)(C(=O)O)C(C[N+](=O)[O-])c1ccccc1.Cc1c(C)c(C)c(C)c(C)c1C.Cc1c(C)c(C)c(S(=O)(=O)N[C@@H](c2ccccc2)[C@@H](N)c2ccccc2)c(C)c1C.[Ru]. The number of carboxylic acids is 1. The molecule has 340 valence electrons. The van der Waals surface area contributed by atoms with Crippen molar-refractivity contribution >= 4 is 22.0 Å². The standard InChI is InChI=1S/C25H30N2O2S.C13H15NO6.C12H18.Ru/c1-16-17(2)19(4)25(20(5)18(16)3)30(28,29)27-24(22-14-10-7-11-15-22)23(26)21-12-8-6-9-13-21;1-13(11(15)16,12(17)20-2)10(8-14(18)19)9-6-4-3-5-7-9;1-7-8(2)10(4)12(6)11(5)9(7)3;/h6-15,23-24,27H,26H2,1-5H3;3-7,10H,8H2,1-2H3,(H,15,16);1-6H3;/t23-,24-;;;/m0.../s1. The molecule has 0 aliphatic carbocycles. The van der Waals surface area contributed by atoms with Crippen LogP contribution in [0.1, 0.15) is 103 Å². The zero-order valence-electron chi connectivity index (χ0n) is 38.7. The molecule has 0 spiro atoms. The summed E-state index contributed by atoms with van der Waals surface area (Å²) in [7, 11) is -2.76. The summed E-state index contributed by atoms with van der Waals surface area (Å²) in [5, 5.41) is 20.2. The number of carboxylic acid groups (broad SMARTS) is 1. The van der Waals surface area contributed by atoms with Gasteiger partial charge in [0.2, 0.25) is 16.6 Å². The van der Waals surface area contributed by atoms with Gasteiger partial charge in [0.15, 0.2) is 5.41 Å². The summed E-state index contributed by atoms with van der Waals surface area (Å²) >= 11 is 0. The maximum atomic E-state index is 13.6. The van der Waals surface area contributed by atoms with E-state index in [1.54, 1.807) is 30.3 Å². The number of rotatable bonds is 12. The third kappa shape index (κ3) is 12.4. The zero-order valence-corrected chi connectivity index (χ0v) is 41.2. The van der Waals surface area contributed by atoms with E-state index in [0.29, 0.717) is 10.5 Å². The maximum absolute atomic E-state index is 13.6. The van der Waals surface area contributed by atoms with Crippen molar-refractivity contribution in [2.75, 3.05) is 13.7 Å². The molecule has 63 heavy (non-hydrogen) atoms. The van der Waals surface area contributed by atoms with Crippen molar-refractivity contribution in [3.8, 4) is 0 Å². The maximum Gasteiger partial charge on any atom is 0.323 e. The van der Waals surface area contributed by atoms with Crippen LogP contribution < -0.4 is 10.5 Å². The number of carbonyl (C=O) groups excluding carboxylic acids is 1. The van der Waals surface area contributed by atoms with Crippen LogP contribution >= 0.6 is 0 Å². The third-order valence-electron chi connectivity index (χ3n) is 12.8. The van der Waals surface area contributed by atoms with Crippen LogP contribution in [0.5, 0.6) is 0 Å². The molecule has 0 bridgehead atoms. The molecule has 0 saturated heterocycles. The van der Waals surface area contributed by atoms with Crippen LogP contribution in [0.3, 0.4) is 0 Å². The van der Waals surface area contributed by atoms with E-state index >= 15 is 0 Å². The fourth-order valence-corrected chi connectivity index (χ4v) is 9.55. The van der Waals surface area contributed by atoms with E-state index in [-0.39, 0.29) is 19.5 Å². The van der Waals surface area contributed by atoms with Gasteiger partial charge in [0.25, 0.3) is 0 Å². The Hall–Kier alpha value is -5.07. The Morgan fingerprint density at radius 1 is 0.651 bits per heavy atom. The molecule has 0 aliphatic rings. The summed E-state index contributed by atoms with van der Waals surface area (Å²) < 4.78 is 34.7. The average molecular weight is 967 g/mol. The molecule has 2 unspecified atom stereocenters. The van der Waals surface area contributed by atoms with E-state index in [1.165, 1.54) is 33.4 Å². The van der Waals surface area contributed by atoms with E-state index in [2.05, 4.69) is 51.0 Å². The van der Waals surface area contributed by atoms with Gasteiger partial charge in [-0.05, 0) is 161 Å². The molecule has 0 fully saturated rings. The molecular formula is C50H63N3O8RuS. The van der Waals surface area contributed by atoms with Crippen LogP contribution in [0.25, 0.3) is 0 Å². The van der Waals surface area contributed by atoms with Gasteiger partial charge in [0.05, 0.1) is 30.0 Å². The van der Waals surface area contributed by atoms with Gasteiger partial charge in [0, 0.05) is 24.4 Å². The number of ether oxygens (including phenoxy) is 1. The molecule has 0 aromatic heterocycles. The zero-order chi connectivity index (χ0) is 46.9. The molecule has 4 N–H and O–H groups in total. The number of benzene rings is 5. The van der Waals surface area contributed by atoms with Crippen molar-refractivity contribution in [2.45, 2.75) is 106 Å². The average Bonchev–Trinajstić information content (AvgIpc) is 3.27. The van der Waals surface area contributed by atoms with E-state index in [0.717, 1.165) is 53.0 Å². The second-order valence-corrected chi connectivity index (χ2v) is 17.8. The third-order valence-corrected chi connectivity index (χ3v) is 14.6. The van der Waals surface area contributed by atoms with Crippen LogP contribution in [0.2, 0.25) is 0 Å². The first-order valence-corrected chi connectivity index (χ1v) is 21.9. The van der Waals surface area contributed by atoms with Gasteiger partial charge < -0.3 is 15.6 Å². The number of methoxy groups -OCH3 is 1. The van der Waals surface area contributed by atoms with Gasteiger partial charge in [-0.25, -0.2) is 13.1 Å². The monoisotopic (exact) mass is 967 g/mol. The smallest absolute Gasteiger partial charge is 0.323 e. The van der Waals surface area contributed by atoms with Crippen molar-refractivity contribution in [3.05, 3.63) is 179 Å². The Labute approximate surface area is 386 Å². The van der Waals surface area contributed by atoms with E-state index < -0.39 is 56.8 Å². The molecule has 5 aromatic rings. The van der Waals surface area contributed by atoms with Crippen molar-refractivity contribution in [1.29, 1.82) is 0 Å². The second-order valence-electron chi connectivity index (χ2n) is 16.1. The van der Waals surface area contributed by atoms with Gasteiger partial charge in [-0.15, -0.1) is 0 Å². The molecule has 13 heteroatoms. The molecule has 0 heterocycles. The number of nitrogens with zero attached hydrogens (tertiary/aromatic N) is 1. The second kappa shape index (κ2) is 23.0. The van der Waals surface area contributed by atoms with Crippen LogP contribution in [0, 0.1) is 91.7 Å². The first-order valence-electron chi connectivity index (χ1n) is 20.4. The van der Waals surface area contributed by atoms with Crippen molar-refractivity contribution in [1.82, 2.24) is 4.72 Å². The normalized spacial score (nSPS) is 13.3. The molecule has 5 aromatic carbocycles.